The standard InChI is InChI=1S/C31H35F2N5O2/c1-37-9-11-38(12-10-37)26-6-7-27(29(19-26)34-8-3-13-40-2)31(39)36-30-28-17-21(4-5-23(28)20-35-30)14-22-15-24(32)18-25(33)16-22/h4-7,15-19,34H,3,8-14,20H2,1-2H3,(H,35,36,39). The number of ether oxygens (including phenoxy) is 1. The number of anilines is 2. The second-order valence-electron chi connectivity index (χ2n) is 10.4. The van der Waals surface area contributed by atoms with Gasteiger partial charge in [-0.25, -0.2) is 8.78 Å². The molecule has 0 unspecified atom stereocenters. The van der Waals surface area contributed by atoms with Gasteiger partial charge in [0.25, 0.3) is 5.91 Å². The Morgan fingerprint density at radius 1 is 0.975 bits per heavy atom. The molecule has 3 aromatic carbocycles. The third-order valence-electron chi connectivity index (χ3n) is 7.36. The summed E-state index contributed by atoms with van der Waals surface area (Å²) in [6.45, 7) is 5.62. The van der Waals surface area contributed by atoms with Gasteiger partial charge in [0.2, 0.25) is 0 Å². The molecule has 2 heterocycles. The van der Waals surface area contributed by atoms with Crippen molar-refractivity contribution in [3.8, 4) is 0 Å². The van der Waals surface area contributed by atoms with Crippen molar-refractivity contribution in [2.75, 3.05) is 63.7 Å². The number of aliphatic imine (C=N–C) groups is 1. The van der Waals surface area contributed by atoms with E-state index in [0.717, 1.165) is 66.7 Å². The van der Waals surface area contributed by atoms with Crippen molar-refractivity contribution in [1.82, 2.24) is 10.2 Å². The van der Waals surface area contributed by atoms with Gasteiger partial charge >= 0.3 is 0 Å². The second kappa shape index (κ2) is 12.6. The summed E-state index contributed by atoms with van der Waals surface area (Å²) in [5.74, 6) is -0.948. The summed E-state index contributed by atoms with van der Waals surface area (Å²) in [7, 11) is 3.80. The number of likely N-dealkylation sites (N-methyl/N-ethyl adjacent to an activating group) is 1. The topological polar surface area (TPSA) is 69.2 Å². The van der Waals surface area contributed by atoms with Crippen molar-refractivity contribution in [2.24, 2.45) is 4.99 Å². The van der Waals surface area contributed by atoms with Gasteiger partial charge in [-0.1, -0.05) is 12.1 Å². The van der Waals surface area contributed by atoms with Crippen LogP contribution in [-0.2, 0) is 17.7 Å². The lowest BCUT2D eigenvalue weighted by atomic mass is 9.99. The van der Waals surface area contributed by atoms with E-state index < -0.39 is 11.6 Å². The largest absolute Gasteiger partial charge is 0.385 e. The molecule has 5 rings (SSSR count). The average Bonchev–Trinajstić information content (AvgIpc) is 3.32. The second-order valence-corrected chi connectivity index (χ2v) is 10.4. The summed E-state index contributed by atoms with van der Waals surface area (Å²) in [5, 5.41) is 6.44. The fourth-order valence-electron chi connectivity index (χ4n) is 5.15. The van der Waals surface area contributed by atoms with Gasteiger partial charge in [-0.15, -0.1) is 0 Å². The molecule has 9 heteroatoms. The molecule has 0 aliphatic carbocycles. The number of piperazine rings is 1. The monoisotopic (exact) mass is 547 g/mol. The van der Waals surface area contributed by atoms with Crippen LogP contribution in [0, 0.1) is 11.6 Å². The third-order valence-corrected chi connectivity index (χ3v) is 7.36. The average molecular weight is 548 g/mol. The maximum absolute atomic E-state index is 13.7. The van der Waals surface area contributed by atoms with E-state index in [1.54, 1.807) is 7.11 Å². The summed E-state index contributed by atoms with van der Waals surface area (Å²) in [4.78, 5) is 22.8. The van der Waals surface area contributed by atoms with E-state index in [9.17, 15) is 13.6 Å². The van der Waals surface area contributed by atoms with E-state index in [1.807, 2.05) is 36.4 Å². The molecule has 0 bridgehead atoms. The van der Waals surface area contributed by atoms with Crippen LogP contribution in [0.2, 0.25) is 0 Å². The maximum atomic E-state index is 13.7. The van der Waals surface area contributed by atoms with E-state index in [-0.39, 0.29) is 5.91 Å². The van der Waals surface area contributed by atoms with Gasteiger partial charge in [0, 0.05) is 69.4 Å². The molecular weight excluding hydrogens is 512 g/mol. The summed E-state index contributed by atoms with van der Waals surface area (Å²) in [6.07, 6.45) is 1.18. The number of nitrogens with zero attached hydrogens (tertiary/aromatic N) is 3. The Balaban J connectivity index is 1.33. The minimum atomic E-state index is -0.601. The van der Waals surface area contributed by atoms with Crippen LogP contribution in [0.25, 0.3) is 0 Å². The first-order valence-corrected chi connectivity index (χ1v) is 13.6. The number of halogens is 2. The zero-order valence-corrected chi connectivity index (χ0v) is 23.0. The number of rotatable bonds is 9. The number of amides is 1. The lowest BCUT2D eigenvalue weighted by Gasteiger charge is -2.34. The molecule has 40 heavy (non-hydrogen) atoms. The molecule has 2 aliphatic heterocycles. The van der Waals surface area contributed by atoms with Crippen LogP contribution >= 0.6 is 0 Å². The van der Waals surface area contributed by atoms with Crippen LogP contribution < -0.4 is 15.5 Å². The number of hydrogen-bond donors (Lipinski definition) is 2. The lowest BCUT2D eigenvalue weighted by molar-refractivity contribution is 0.0978. The van der Waals surface area contributed by atoms with Gasteiger partial charge in [0.05, 0.1) is 12.1 Å². The van der Waals surface area contributed by atoms with Crippen LogP contribution in [0.4, 0.5) is 20.2 Å². The minimum Gasteiger partial charge on any atom is -0.385 e. The van der Waals surface area contributed by atoms with E-state index in [1.165, 1.54) is 12.1 Å². The van der Waals surface area contributed by atoms with Gasteiger partial charge in [0.15, 0.2) is 0 Å². The van der Waals surface area contributed by atoms with Crippen molar-refractivity contribution in [1.29, 1.82) is 0 Å². The van der Waals surface area contributed by atoms with Gasteiger partial charge in [0.1, 0.15) is 17.5 Å². The Morgan fingerprint density at radius 2 is 1.75 bits per heavy atom. The van der Waals surface area contributed by atoms with Crippen LogP contribution in [0.1, 0.15) is 39.0 Å². The van der Waals surface area contributed by atoms with Crippen molar-refractivity contribution < 1.29 is 18.3 Å². The number of hydrogen-bond acceptors (Lipinski definition) is 6. The maximum Gasteiger partial charge on any atom is 0.258 e. The fraction of sp³-hybridized carbons (Fsp3) is 0.355. The first-order chi connectivity index (χ1) is 19.4. The van der Waals surface area contributed by atoms with E-state index in [0.29, 0.717) is 43.1 Å². The summed E-state index contributed by atoms with van der Waals surface area (Å²) in [5.41, 5.74) is 5.64. The third kappa shape index (κ3) is 6.66. The van der Waals surface area contributed by atoms with Crippen LogP contribution in [-0.4, -0.2) is 70.1 Å². The van der Waals surface area contributed by atoms with E-state index in [2.05, 4.69) is 32.5 Å². The molecule has 1 saturated heterocycles. The molecule has 0 saturated carbocycles. The summed E-state index contributed by atoms with van der Waals surface area (Å²) >= 11 is 0. The molecule has 1 amide bonds. The zero-order chi connectivity index (χ0) is 28.1. The molecule has 3 aromatic rings. The Morgan fingerprint density at radius 3 is 2.50 bits per heavy atom. The highest BCUT2D eigenvalue weighted by Gasteiger charge is 2.22. The number of amidine groups is 1. The quantitative estimate of drug-likeness (QED) is 0.388. The number of methoxy groups -OCH3 is 1. The molecule has 0 radical (unpaired) electrons. The Hall–Kier alpha value is -3.82. The zero-order valence-electron chi connectivity index (χ0n) is 23.0. The van der Waals surface area contributed by atoms with Crippen molar-refractivity contribution in [3.05, 3.63) is 94.0 Å². The molecule has 0 atom stereocenters. The molecule has 0 aromatic heterocycles. The first kappa shape index (κ1) is 27.7. The fourth-order valence-corrected chi connectivity index (χ4v) is 5.15. The lowest BCUT2D eigenvalue weighted by Crippen LogP contribution is -2.44. The molecule has 7 nitrogen and oxygen atoms in total. The molecule has 2 aliphatic rings. The van der Waals surface area contributed by atoms with Crippen LogP contribution in [0.3, 0.4) is 0 Å². The van der Waals surface area contributed by atoms with Crippen molar-refractivity contribution in [2.45, 2.75) is 19.4 Å². The Bertz CT molecular complexity index is 1380. The van der Waals surface area contributed by atoms with Gasteiger partial charge < -0.3 is 25.2 Å². The van der Waals surface area contributed by atoms with Gasteiger partial charge in [-0.2, -0.15) is 0 Å². The smallest absolute Gasteiger partial charge is 0.258 e. The number of nitrogens with one attached hydrogen (secondary N) is 2. The number of carbonyl (C=O) groups excluding carboxylic acids is 1. The number of carbonyl (C=O) groups is 1. The van der Waals surface area contributed by atoms with E-state index in [4.69, 9.17) is 4.74 Å². The van der Waals surface area contributed by atoms with Gasteiger partial charge in [-0.05, 0) is 73.0 Å². The highest BCUT2D eigenvalue weighted by molar-refractivity contribution is 6.15. The first-order valence-electron chi connectivity index (χ1n) is 13.6. The number of fused-ring (bicyclic) bond motifs is 1. The Kier molecular flexibility index (Phi) is 8.72. The predicted octanol–water partition coefficient (Wildman–Crippen LogP) is 4.45. The molecule has 2 N–H and O–H groups in total. The minimum absolute atomic E-state index is 0.247. The Labute approximate surface area is 233 Å². The predicted molar refractivity (Wildman–Crippen MR) is 154 cm³/mol. The summed E-state index contributed by atoms with van der Waals surface area (Å²) < 4.78 is 32.6. The molecule has 0 spiro atoms. The normalized spacial score (nSPS) is 15.1. The molecule has 1 fully saturated rings. The molecule has 210 valence electrons. The van der Waals surface area contributed by atoms with Crippen molar-refractivity contribution in [3.63, 3.8) is 0 Å². The van der Waals surface area contributed by atoms with Gasteiger partial charge in [-0.3, -0.25) is 9.79 Å². The number of benzene rings is 3. The van der Waals surface area contributed by atoms with E-state index >= 15 is 0 Å². The highest BCUT2D eigenvalue weighted by Crippen LogP contribution is 2.26. The van der Waals surface area contributed by atoms with Crippen molar-refractivity contribution >= 4 is 23.1 Å². The summed E-state index contributed by atoms with van der Waals surface area (Å²) in [6, 6.07) is 15.3. The SMILES string of the molecule is COCCCNc1cc(N2CCN(C)CC2)ccc1C(=O)NC1=NCc2ccc(Cc3cc(F)cc(F)c3)cc21. The molecular formula is C31H35F2N5O2. The van der Waals surface area contributed by atoms with Crippen LogP contribution in [0.5, 0.6) is 0 Å². The highest BCUT2D eigenvalue weighted by atomic mass is 19.1. The van der Waals surface area contributed by atoms with Crippen LogP contribution in [0.15, 0.2) is 59.6 Å².